The largest absolute Gasteiger partial charge is 0.481 e. The molecule has 0 aliphatic carbocycles. The highest BCUT2D eigenvalue weighted by molar-refractivity contribution is 6.21. The van der Waals surface area contributed by atoms with Crippen LogP contribution in [0.15, 0.2) is 0 Å². The van der Waals surface area contributed by atoms with Crippen LogP contribution in [0.2, 0.25) is 0 Å². The quantitative estimate of drug-likeness (QED) is 0.661. The molecule has 5 heteroatoms. The number of carbonyl (C=O) groups is 1. The van der Waals surface area contributed by atoms with E-state index in [9.17, 15) is 13.6 Å². The van der Waals surface area contributed by atoms with E-state index in [0.29, 0.717) is 0 Å². The molecule has 0 aromatic heterocycles. The second kappa shape index (κ2) is 3.14. The number of carboxylic acid groups (broad SMARTS) is 1. The predicted octanol–water partition coefficient (Wildman–Crippen LogP) is 1.93. The van der Waals surface area contributed by atoms with Crippen LogP contribution in [0.5, 0.6) is 0 Å². The Morgan fingerprint density at radius 3 is 2.30 bits per heavy atom. The lowest BCUT2D eigenvalue weighted by molar-refractivity contribution is -0.143. The van der Waals surface area contributed by atoms with E-state index in [4.69, 9.17) is 5.11 Å². The minimum atomic E-state index is -3.40. The topological polar surface area (TPSA) is 37.3 Å². The van der Waals surface area contributed by atoms with Crippen LogP contribution in [-0.4, -0.2) is 16.5 Å². The third-order valence-corrected chi connectivity index (χ3v) is 1.11. The monoisotopic (exact) mass is 172 g/mol. The zero-order valence-electron chi connectivity index (χ0n) is 5.27. The number of aliphatic carboxylic acids is 1. The number of alkyl halides is 3. The predicted molar refractivity (Wildman–Crippen MR) is 32.2 cm³/mol. The van der Waals surface area contributed by atoms with Crippen molar-refractivity contribution in [2.75, 3.05) is 0 Å². The van der Waals surface area contributed by atoms with Crippen LogP contribution >= 0.6 is 11.6 Å². The van der Waals surface area contributed by atoms with E-state index in [1.165, 1.54) is 6.92 Å². The van der Waals surface area contributed by atoms with Crippen molar-refractivity contribution < 1.29 is 18.7 Å². The maximum atomic E-state index is 11.8. The van der Waals surface area contributed by atoms with Gasteiger partial charge in [0.1, 0.15) is 0 Å². The van der Waals surface area contributed by atoms with E-state index in [-0.39, 0.29) is 0 Å². The van der Waals surface area contributed by atoms with Gasteiger partial charge in [0.05, 0.1) is 5.92 Å². The lowest BCUT2D eigenvalue weighted by Crippen LogP contribution is -2.18. The Morgan fingerprint density at radius 2 is 2.20 bits per heavy atom. The van der Waals surface area contributed by atoms with E-state index >= 15 is 0 Å². The summed E-state index contributed by atoms with van der Waals surface area (Å²) >= 11 is 4.48. The Hall–Kier alpha value is -0.380. The second-order valence-electron chi connectivity index (χ2n) is 2.06. The molecule has 0 bridgehead atoms. The van der Waals surface area contributed by atoms with Crippen LogP contribution in [0.1, 0.15) is 13.3 Å². The number of hydrogen-bond donors (Lipinski definition) is 1. The van der Waals surface area contributed by atoms with E-state index in [1.54, 1.807) is 0 Å². The van der Waals surface area contributed by atoms with Crippen LogP contribution in [0, 0.1) is 5.92 Å². The van der Waals surface area contributed by atoms with Gasteiger partial charge >= 0.3 is 11.4 Å². The average molecular weight is 173 g/mol. The van der Waals surface area contributed by atoms with Crippen molar-refractivity contribution in [3.8, 4) is 0 Å². The van der Waals surface area contributed by atoms with Crippen LogP contribution in [0.3, 0.4) is 0 Å². The maximum absolute atomic E-state index is 11.8. The number of hydrogen-bond acceptors (Lipinski definition) is 1. The highest BCUT2D eigenvalue weighted by Crippen LogP contribution is 2.27. The molecule has 0 aromatic carbocycles. The third kappa shape index (κ3) is 4.49. The molecule has 0 amide bonds. The first-order valence-corrected chi connectivity index (χ1v) is 3.00. The standard InChI is InChI=1S/C5H7ClF2O2/c1-3(4(9)10)2-5(6,7)8/h3H,2H2,1H3,(H,9,10). The molecule has 1 unspecified atom stereocenters. The van der Waals surface area contributed by atoms with Crippen LogP contribution in [0.4, 0.5) is 8.78 Å². The third-order valence-electron chi connectivity index (χ3n) is 0.959. The first-order chi connectivity index (χ1) is 4.33. The molecule has 1 atom stereocenters. The summed E-state index contributed by atoms with van der Waals surface area (Å²) in [5.74, 6) is -2.37. The molecule has 0 radical (unpaired) electrons. The van der Waals surface area contributed by atoms with Gasteiger partial charge < -0.3 is 5.11 Å². The van der Waals surface area contributed by atoms with Crippen LogP contribution in [0.25, 0.3) is 0 Å². The molecule has 0 aliphatic rings. The molecule has 0 rings (SSSR count). The lowest BCUT2D eigenvalue weighted by atomic mass is 10.1. The van der Waals surface area contributed by atoms with Crippen molar-refractivity contribution in [1.82, 2.24) is 0 Å². The number of halogens is 3. The van der Waals surface area contributed by atoms with Crippen molar-refractivity contribution in [3.05, 3.63) is 0 Å². The van der Waals surface area contributed by atoms with Crippen LogP contribution < -0.4 is 0 Å². The Morgan fingerprint density at radius 1 is 1.80 bits per heavy atom. The summed E-state index contributed by atoms with van der Waals surface area (Å²) in [5, 5.41) is 4.75. The summed E-state index contributed by atoms with van der Waals surface area (Å²) in [4.78, 5) is 9.99. The fourth-order valence-corrected chi connectivity index (χ4v) is 0.666. The van der Waals surface area contributed by atoms with Gasteiger partial charge in [-0.15, -0.1) is 0 Å². The average Bonchev–Trinajstić information content (AvgIpc) is 1.60. The summed E-state index contributed by atoms with van der Waals surface area (Å²) in [6, 6.07) is 0. The van der Waals surface area contributed by atoms with Crippen molar-refractivity contribution in [1.29, 1.82) is 0 Å². The Bertz CT molecular complexity index is 132. The molecular formula is C5H7ClF2O2. The number of carboxylic acids is 1. The molecule has 1 N–H and O–H groups in total. The smallest absolute Gasteiger partial charge is 0.322 e. The molecule has 0 aliphatic heterocycles. The van der Waals surface area contributed by atoms with Gasteiger partial charge in [-0.25, -0.2) is 0 Å². The zero-order valence-corrected chi connectivity index (χ0v) is 6.03. The van der Waals surface area contributed by atoms with Crippen LogP contribution in [-0.2, 0) is 4.79 Å². The normalized spacial score (nSPS) is 14.8. The van der Waals surface area contributed by atoms with E-state index < -0.39 is 23.7 Å². The summed E-state index contributed by atoms with van der Waals surface area (Å²) in [7, 11) is 0. The van der Waals surface area contributed by atoms with E-state index in [0.717, 1.165) is 0 Å². The van der Waals surface area contributed by atoms with Crippen molar-refractivity contribution >= 4 is 17.6 Å². The Balaban J connectivity index is 3.80. The summed E-state index contributed by atoms with van der Waals surface area (Å²) in [6.07, 6.45) is -0.829. The fourth-order valence-electron chi connectivity index (χ4n) is 0.434. The van der Waals surface area contributed by atoms with Gasteiger partial charge in [0.2, 0.25) is 0 Å². The van der Waals surface area contributed by atoms with Crippen molar-refractivity contribution in [2.24, 2.45) is 5.92 Å². The van der Waals surface area contributed by atoms with E-state index in [1.807, 2.05) is 0 Å². The molecule has 10 heavy (non-hydrogen) atoms. The molecular weight excluding hydrogens is 166 g/mol. The minimum Gasteiger partial charge on any atom is -0.481 e. The van der Waals surface area contributed by atoms with Gasteiger partial charge in [0.15, 0.2) is 0 Å². The van der Waals surface area contributed by atoms with Gasteiger partial charge in [-0.05, 0) is 11.6 Å². The fraction of sp³-hybridized carbons (Fsp3) is 0.800. The van der Waals surface area contributed by atoms with Gasteiger partial charge in [-0.3, -0.25) is 4.79 Å². The van der Waals surface area contributed by atoms with Crippen molar-refractivity contribution in [3.63, 3.8) is 0 Å². The van der Waals surface area contributed by atoms with Gasteiger partial charge in [-0.1, -0.05) is 6.92 Å². The highest BCUT2D eigenvalue weighted by atomic mass is 35.5. The van der Waals surface area contributed by atoms with Crippen molar-refractivity contribution in [2.45, 2.75) is 18.7 Å². The molecule has 0 saturated heterocycles. The minimum absolute atomic E-state index is 0.829. The molecule has 60 valence electrons. The first kappa shape index (κ1) is 9.62. The SMILES string of the molecule is CC(CC(F)(F)Cl)C(=O)O. The summed E-state index contributed by atoms with van der Waals surface area (Å²) in [6.45, 7) is 1.18. The molecule has 0 spiro atoms. The molecule has 0 aromatic rings. The molecule has 0 fully saturated rings. The lowest BCUT2D eigenvalue weighted by Gasteiger charge is -2.09. The molecule has 0 saturated carbocycles. The molecule has 0 heterocycles. The number of rotatable bonds is 3. The molecule has 2 nitrogen and oxygen atoms in total. The van der Waals surface area contributed by atoms with E-state index in [2.05, 4.69) is 11.6 Å². The van der Waals surface area contributed by atoms with Gasteiger partial charge in [0.25, 0.3) is 0 Å². The zero-order chi connectivity index (χ0) is 8.36. The Kier molecular flexibility index (Phi) is 3.02. The first-order valence-electron chi connectivity index (χ1n) is 2.62. The van der Waals surface area contributed by atoms with Gasteiger partial charge in [0, 0.05) is 6.42 Å². The summed E-state index contributed by atoms with van der Waals surface area (Å²) in [5.41, 5.74) is 0. The van der Waals surface area contributed by atoms with Gasteiger partial charge in [-0.2, -0.15) is 8.78 Å². The summed E-state index contributed by atoms with van der Waals surface area (Å²) < 4.78 is 23.7. The second-order valence-corrected chi connectivity index (χ2v) is 2.61. The Labute approximate surface area is 61.8 Å². The highest BCUT2D eigenvalue weighted by Gasteiger charge is 2.30. The maximum Gasteiger partial charge on any atom is 0.322 e.